The molecule has 0 aromatic carbocycles. The average molecular weight is 1100 g/mol. The SMILES string of the molecule is CCCCC/C=C\C/C=C\CCCCCCCC(=O)OCC(COP(=O)(O)OCC(CO)OC(=O)CCCCCCCCCCCCCCCCC)OC(=O)CCCCCCCCCCC/C=C\CCCCCCCC. The van der Waals surface area contributed by atoms with Crippen LogP contribution in [0.4, 0.5) is 0 Å². The highest BCUT2D eigenvalue weighted by atomic mass is 31.2. The lowest BCUT2D eigenvalue weighted by atomic mass is 10.0. The number of phosphoric ester groups is 1. The van der Waals surface area contributed by atoms with Gasteiger partial charge in [-0.25, -0.2) is 4.57 Å². The van der Waals surface area contributed by atoms with Crippen LogP contribution in [-0.4, -0.2) is 66.5 Å². The highest BCUT2D eigenvalue weighted by Gasteiger charge is 2.28. The summed E-state index contributed by atoms with van der Waals surface area (Å²) in [5, 5.41) is 9.84. The molecule has 3 atom stereocenters. The minimum absolute atomic E-state index is 0.166. The number of hydrogen-bond acceptors (Lipinski definition) is 10. The van der Waals surface area contributed by atoms with Crippen molar-refractivity contribution in [1.29, 1.82) is 0 Å². The Balaban J connectivity index is 4.68. The third kappa shape index (κ3) is 56.4. The molecule has 2 N–H and O–H groups in total. The quantitative estimate of drug-likeness (QED) is 0.0197. The minimum Gasteiger partial charge on any atom is -0.462 e. The van der Waals surface area contributed by atoms with Gasteiger partial charge < -0.3 is 24.2 Å². The van der Waals surface area contributed by atoms with Crippen LogP contribution < -0.4 is 0 Å². The normalized spacial score (nSPS) is 13.5. The summed E-state index contributed by atoms with van der Waals surface area (Å²) in [6, 6.07) is 0. The first-order valence-electron chi connectivity index (χ1n) is 31.9. The van der Waals surface area contributed by atoms with E-state index in [0.29, 0.717) is 19.3 Å². The van der Waals surface area contributed by atoms with E-state index >= 15 is 0 Å². The van der Waals surface area contributed by atoms with Gasteiger partial charge in [0.15, 0.2) is 6.10 Å². The Bertz CT molecular complexity index is 1420. The first-order valence-corrected chi connectivity index (χ1v) is 33.4. The van der Waals surface area contributed by atoms with E-state index in [-0.39, 0.29) is 25.9 Å². The van der Waals surface area contributed by atoms with Crippen LogP contribution >= 0.6 is 7.82 Å². The number of ether oxygens (including phenoxy) is 3. The van der Waals surface area contributed by atoms with E-state index in [9.17, 15) is 28.9 Å². The van der Waals surface area contributed by atoms with Gasteiger partial charge in [-0.15, -0.1) is 0 Å². The summed E-state index contributed by atoms with van der Waals surface area (Å²) in [6.45, 7) is 4.66. The van der Waals surface area contributed by atoms with E-state index in [1.165, 1.54) is 173 Å². The molecule has 0 rings (SSSR count). The molecule has 0 fully saturated rings. The number of aliphatic hydroxyl groups excluding tert-OH is 1. The first kappa shape index (κ1) is 73.7. The van der Waals surface area contributed by atoms with E-state index in [2.05, 4.69) is 57.2 Å². The molecule has 0 heterocycles. The monoisotopic (exact) mass is 1090 g/mol. The largest absolute Gasteiger partial charge is 0.472 e. The smallest absolute Gasteiger partial charge is 0.462 e. The van der Waals surface area contributed by atoms with E-state index in [0.717, 1.165) is 83.5 Å². The van der Waals surface area contributed by atoms with E-state index < -0.39 is 57.8 Å². The van der Waals surface area contributed by atoms with Gasteiger partial charge in [-0.2, -0.15) is 0 Å². The predicted molar refractivity (Wildman–Crippen MR) is 316 cm³/mol. The number of carbonyl (C=O) groups is 3. The molecule has 12 heteroatoms. The second-order valence-corrected chi connectivity index (χ2v) is 23.0. The second-order valence-electron chi connectivity index (χ2n) is 21.6. The maximum Gasteiger partial charge on any atom is 0.472 e. The predicted octanol–water partition coefficient (Wildman–Crippen LogP) is 19.2. The van der Waals surface area contributed by atoms with E-state index in [1.54, 1.807) is 0 Å². The highest BCUT2D eigenvalue weighted by Crippen LogP contribution is 2.43. The van der Waals surface area contributed by atoms with Crippen LogP contribution in [0.15, 0.2) is 36.5 Å². The Kier molecular flexibility index (Phi) is 57.1. The standard InChI is InChI=1S/C64H119O11P/c1-4-7-10-13-16-19-22-25-28-29-30-31-34-37-40-43-46-49-52-55-64(68)75-61(57-71-62(66)53-50-47-44-41-38-35-32-26-23-20-17-14-11-8-5-2)59-73-76(69,70)72-58-60(56-65)74-63(67)54-51-48-45-42-39-36-33-27-24-21-18-15-12-9-6-3/h17,20,25-26,28,32,60-61,65H,4-16,18-19,21-24,27,29-31,33-59H2,1-3H3,(H,69,70)/b20-17-,28-25-,32-26-. The molecular formula is C64H119O11P. The Morgan fingerprint density at radius 2 is 0.645 bits per heavy atom. The lowest BCUT2D eigenvalue weighted by molar-refractivity contribution is -0.161. The van der Waals surface area contributed by atoms with Crippen molar-refractivity contribution in [3.8, 4) is 0 Å². The summed E-state index contributed by atoms with van der Waals surface area (Å²) >= 11 is 0. The van der Waals surface area contributed by atoms with Gasteiger partial charge in [0.1, 0.15) is 12.7 Å². The summed E-state index contributed by atoms with van der Waals surface area (Å²) in [5.74, 6) is -1.46. The minimum atomic E-state index is -4.75. The van der Waals surface area contributed by atoms with Gasteiger partial charge in [0, 0.05) is 19.3 Å². The molecule has 0 saturated carbocycles. The summed E-state index contributed by atoms with van der Waals surface area (Å²) in [5.41, 5.74) is 0. The summed E-state index contributed by atoms with van der Waals surface area (Å²) < 4.78 is 39.7. The van der Waals surface area contributed by atoms with Gasteiger partial charge >= 0.3 is 25.7 Å². The number of carbonyl (C=O) groups excluding carboxylic acids is 3. The van der Waals surface area contributed by atoms with Crippen LogP contribution in [0.5, 0.6) is 0 Å². The molecule has 0 aromatic heterocycles. The summed E-state index contributed by atoms with van der Waals surface area (Å²) in [6.07, 6.45) is 62.3. The lowest BCUT2D eigenvalue weighted by Crippen LogP contribution is -2.30. The number of phosphoric acid groups is 1. The van der Waals surface area contributed by atoms with Crippen molar-refractivity contribution >= 4 is 25.7 Å². The van der Waals surface area contributed by atoms with Crippen molar-refractivity contribution in [1.82, 2.24) is 0 Å². The van der Waals surface area contributed by atoms with Crippen molar-refractivity contribution in [2.24, 2.45) is 0 Å². The van der Waals surface area contributed by atoms with Gasteiger partial charge in [-0.05, 0) is 77.0 Å². The second kappa shape index (κ2) is 58.8. The zero-order valence-electron chi connectivity index (χ0n) is 49.5. The van der Waals surface area contributed by atoms with Gasteiger partial charge in [0.2, 0.25) is 0 Å². The molecule has 0 aromatic rings. The van der Waals surface area contributed by atoms with Crippen molar-refractivity contribution in [3.05, 3.63) is 36.5 Å². The van der Waals surface area contributed by atoms with Crippen molar-refractivity contribution < 1.29 is 52.2 Å². The molecule has 0 spiro atoms. The fourth-order valence-corrected chi connectivity index (χ4v) is 9.93. The molecule has 3 unspecified atom stereocenters. The molecule has 76 heavy (non-hydrogen) atoms. The maximum absolute atomic E-state index is 12.9. The topological polar surface area (TPSA) is 155 Å². The van der Waals surface area contributed by atoms with Crippen LogP contribution in [-0.2, 0) is 42.2 Å². The van der Waals surface area contributed by atoms with Crippen LogP contribution in [0.1, 0.15) is 316 Å². The fourth-order valence-electron chi connectivity index (χ4n) is 9.15. The Labute approximate surface area is 467 Å². The first-order chi connectivity index (χ1) is 37.2. The number of rotatable bonds is 60. The van der Waals surface area contributed by atoms with Crippen molar-refractivity contribution in [2.45, 2.75) is 328 Å². The molecule has 0 bridgehead atoms. The molecule has 0 amide bonds. The van der Waals surface area contributed by atoms with Crippen LogP contribution in [0.2, 0.25) is 0 Å². The number of aliphatic hydroxyl groups is 1. The molecule has 0 aliphatic carbocycles. The zero-order valence-corrected chi connectivity index (χ0v) is 50.4. The van der Waals surface area contributed by atoms with Crippen LogP contribution in [0.3, 0.4) is 0 Å². The molecule has 446 valence electrons. The Morgan fingerprint density at radius 1 is 0.368 bits per heavy atom. The summed E-state index contributed by atoms with van der Waals surface area (Å²) in [4.78, 5) is 48.7. The zero-order chi connectivity index (χ0) is 55.5. The average Bonchev–Trinajstić information content (AvgIpc) is 3.41. The highest BCUT2D eigenvalue weighted by molar-refractivity contribution is 7.47. The lowest BCUT2D eigenvalue weighted by Gasteiger charge is -2.21. The third-order valence-corrected chi connectivity index (χ3v) is 15.0. The van der Waals surface area contributed by atoms with Crippen LogP contribution in [0.25, 0.3) is 0 Å². The number of unbranched alkanes of at least 4 members (excludes halogenated alkanes) is 37. The molecular weight excluding hydrogens is 976 g/mol. The Morgan fingerprint density at radius 3 is 1.01 bits per heavy atom. The van der Waals surface area contributed by atoms with Crippen molar-refractivity contribution in [2.75, 3.05) is 26.4 Å². The number of allylic oxidation sites excluding steroid dienone is 6. The fraction of sp³-hybridized carbons (Fsp3) is 0.859. The number of hydrogen-bond donors (Lipinski definition) is 2. The molecule has 0 radical (unpaired) electrons. The van der Waals surface area contributed by atoms with Crippen molar-refractivity contribution in [3.63, 3.8) is 0 Å². The van der Waals surface area contributed by atoms with Crippen LogP contribution in [0, 0.1) is 0 Å². The molecule has 11 nitrogen and oxygen atoms in total. The Hall–Kier alpha value is -2.30. The van der Waals surface area contributed by atoms with E-state index in [1.807, 2.05) is 0 Å². The van der Waals surface area contributed by atoms with Gasteiger partial charge in [-0.1, -0.05) is 256 Å². The van der Waals surface area contributed by atoms with Gasteiger partial charge in [-0.3, -0.25) is 23.4 Å². The van der Waals surface area contributed by atoms with Gasteiger partial charge in [0.25, 0.3) is 0 Å². The summed E-state index contributed by atoms with van der Waals surface area (Å²) in [7, 11) is -4.75. The molecule has 0 saturated heterocycles. The van der Waals surface area contributed by atoms with Gasteiger partial charge in [0.05, 0.1) is 19.8 Å². The maximum atomic E-state index is 12.9. The third-order valence-electron chi connectivity index (χ3n) is 14.0. The molecule has 0 aliphatic heterocycles. The molecule has 0 aliphatic rings. The van der Waals surface area contributed by atoms with E-state index in [4.69, 9.17) is 23.3 Å². The number of esters is 3.